The highest BCUT2D eigenvalue weighted by Gasteiger charge is 2.30. The molecule has 2 aromatic carbocycles. The number of likely N-dealkylation sites (N-methyl/N-ethyl adjacent to an activating group) is 1. The molecule has 5 nitrogen and oxygen atoms in total. The number of hydrogen-bond acceptors (Lipinski definition) is 2. The molecule has 0 aliphatic heterocycles. The summed E-state index contributed by atoms with van der Waals surface area (Å²) in [5, 5.41) is 6.11. The summed E-state index contributed by atoms with van der Waals surface area (Å²) in [6.07, 6.45) is 0. The monoisotopic (exact) mass is 396 g/mol. The molecule has 0 saturated carbocycles. The van der Waals surface area contributed by atoms with Crippen LogP contribution in [0.1, 0.15) is 36.1 Å². The van der Waals surface area contributed by atoms with E-state index in [0.29, 0.717) is 17.6 Å². The van der Waals surface area contributed by atoms with Crippen LogP contribution in [0.3, 0.4) is 0 Å². The molecule has 29 heavy (non-hydrogen) atoms. The van der Waals surface area contributed by atoms with Gasteiger partial charge in [0.15, 0.2) is 13.1 Å². The summed E-state index contributed by atoms with van der Waals surface area (Å²) in [6, 6.07) is 11.9. The van der Waals surface area contributed by atoms with E-state index in [4.69, 9.17) is 0 Å². The number of nitrogens with zero attached hydrogens (tertiary/aromatic N) is 1. The lowest BCUT2D eigenvalue weighted by atomic mass is 10.1. The highest BCUT2D eigenvalue weighted by molar-refractivity contribution is 5.95. The van der Waals surface area contributed by atoms with Crippen molar-refractivity contribution >= 4 is 23.2 Å². The van der Waals surface area contributed by atoms with Gasteiger partial charge in [0, 0.05) is 11.4 Å². The second-order valence-electron chi connectivity index (χ2n) is 7.92. The number of nitrogens with one attached hydrogen (secondary N) is 2. The van der Waals surface area contributed by atoms with Gasteiger partial charge in [-0.05, 0) is 63.8 Å². The number of carbonyl (C=O) groups is 2. The highest BCUT2D eigenvalue weighted by atomic mass is 16.2. The predicted octanol–water partition coefficient (Wildman–Crippen LogP) is 4.35. The fourth-order valence-corrected chi connectivity index (χ4v) is 3.72. The van der Waals surface area contributed by atoms with Crippen LogP contribution < -0.4 is 10.6 Å². The van der Waals surface area contributed by atoms with Crippen LogP contribution in [0.15, 0.2) is 36.4 Å². The molecule has 2 aromatic rings. The Morgan fingerprint density at radius 1 is 0.690 bits per heavy atom. The van der Waals surface area contributed by atoms with Crippen LogP contribution in [0.2, 0.25) is 0 Å². The summed E-state index contributed by atoms with van der Waals surface area (Å²) >= 11 is 0. The summed E-state index contributed by atoms with van der Waals surface area (Å²) < 4.78 is 0.410. The van der Waals surface area contributed by atoms with E-state index in [-0.39, 0.29) is 24.9 Å². The normalized spacial score (nSPS) is 11.2. The Morgan fingerprint density at radius 3 is 1.28 bits per heavy atom. The van der Waals surface area contributed by atoms with Gasteiger partial charge in [-0.3, -0.25) is 9.59 Å². The molecule has 0 heterocycles. The molecule has 2 rings (SSSR count). The van der Waals surface area contributed by atoms with Crippen LogP contribution in [-0.2, 0) is 9.59 Å². The van der Waals surface area contributed by atoms with Gasteiger partial charge >= 0.3 is 0 Å². The molecular weight excluding hydrogens is 362 g/mol. The maximum Gasteiger partial charge on any atom is 0.279 e. The Kier molecular flexibility index (Phi) is 7.57. The fourth-order valence-electron chi connectivity index (χ4n) is 3.72. The maximum atomic E-state index is 12.8. The van der Waals surface area contributed by atoms with E-state index < -0.39 is 0 Å². The molecule has 5 heteroatoms. The van der Waals surface area contributed by atoms with Crippen LogP contribution in [-0.4, -0.2) is 42.5 Å². The van der Waals surface area contributed by atoms with Gasteiger partial charge in [-0.15, -0.1) is 0 Å². The lowest BCUT2D eigenvalue weighted by Gasteiger charge is -2.35. The van der Waals surface area contributed by atoms with Gasteiger partial charge in [0.1, 0.15) is 0 Å². The number of quaternary nitrogens is 1. The predicted molar refractivity (Wildman–Crippen MR) is 120 cm³/mol. The zero-order valence-corrected chi connectivity index (χ0v) is 18.6. The zero-order chi connectivity index (χ0) is 21.6. The van der Waals surface area contributed by atoms with Gasteiger partial charge in [0.05, 0.1) is 13.1 Å². The average molecular weight is 397 g/mol. The molecule has 2 amide bonds. The first-order valence-corrected chi connectivity index (χ1v) is 10.3. The van der Waals surface area contributed by atoms with E-state index in [1.54, 1.807) is 0 Å². The van der Waals surface area contributed by atoms with Crippen molar-refractivity contribution < 1.29 is 14.1 Å². The number of anilines is 2. The quantitative estimate of drug-likeness (QED) is 0.652. The minimum absolute atomic E-state index is 0.0639. The molecule has 0 radical (unpaired) electrons. The topological polar surface area (TPSA) is 58.2 Å². The molecule has 156 valence electrons. The first-order valence-electron chi connectivity index (χ1n) is 10.3. The Balaban J connectivity index is 2.12. The number of para-hydroxylation sites is 2. The van der Waals surface area contributed by atoms with Crippen molar-refractivity contribution in [3.05, 3.63) is 58.7 Å². The molecule has 0 aliphatic carbocycles. The molecule has 0 aliphatic rings. The SMILES string of the molecule is CC[N+](CC)(CC(=O)Nc1c(C)cccc1C)CC(=O)Nc1c(C)cccc1C. The summed E-state index contributed by atoms with van der Waals surface area (Å²) in [4.78, 5) is 25.7. The lowest BCUT2D eigenvalue weighted by Crippen LogP contribution is -2.55. The maximum absolute atomic E-state index is 12.8. The second-order valence-corrected chi connectivity index (χ2v) is 7.92. The van der Waals surface area contributed by atoms with Gasteiger partial charge in [-0.2, -0.15) is 0 Å². The highest BCUT2D eigenvalue weighted by Crippen LogP contribution is 2.21. The largest absolute Gasteiger partial charge is 0.321 e. The number of hydrogen-bond donors (Lipinski definition) is 2. The third kappa shape index (κ3) is 5.67. The lowest BCUT2D eigenvalue weighted by molar-refractivity contribution is -0.909. The summed E-state index contributed by atoms with van der Waals surface area (Å²) in [6.45, 7) is 14.0. The van der Waals surface area contributed by atoms with Crippen molar-refractivity contribution in [2.45, 2.75) is 41.5 Å². The Bertz CT molecular complexity index is 776. The number of carbonyl (C=O) groups excluding carboxylic acids is 2. The summed E-state index contributed by atoms with van der Waals surface area (Å²) in [7, 11) is 0. The molecule has 0 bridgehead atoms. The van der Waals surface area contributed by atoms with Gasteiger partial charge in [-0.25, -0.2) is 0 Å². The van der Waals surface area contributed by atoms with E-state index in [9.17, 15) is 9.59 Å². The first kappa shape index (κ1) is 22.6. The van der Waals surface area contributed by atoms with Crippen LogP contribution >= 0.6 is 0 Å². The number of amides is 2. The fraction of sp³-hybridized carbons (Fsp3) is 0.417. The van der Waals surface area contributed by atoms with E-state index in [1.807, 2.05) is 77.9 Å². The molecule has 0 saturated heterocycles. The Hall–Kier alpha value is -2.66. The van der Waals surface area contributed by atoms with Gasteiger partial charge in [-0.1, -0.05) is 36.4 Å². The van der Waals surface area contributed by atoms with Crippen LogP contribution in [0.4, 0.5) is 11.4 Å². The van der Waals surface area contributed by atoms with E-state index in [0.717, 1.165) is 33.6 Å². The molecule has 0 atom stereocenters. The van der Waals surface area contributed by atoms with Crippen molar-refractivity contribution in [2.75, 3.05) is 36.8 Å². The molecule has 0 fully saturated rings. The molecular formula is C24H34N3O2+. The number of aryl methyl sites for hydroxylation is 4. The van der Waals surface area contributed by atoms with E-state index >= 15 is 0 Å². The van der Waals surface area contributed by atoms with Crippen molar-refractivity contribution in [1.29, 1.82) is 0 Å². The van der Waals surface area contributed by atoms with Crippen molar-refractivity contribution in [3.63, 3.8) is 0 Å². The van der Waals surface area contributed by atoms with Gasteiger partial charge in [0.2, 0.25) is 0 Å². The third-order valence-electron chi connectivity index (χ3n) is 5.79. The molecule has 0 unspecified atom stereocenters. The number of rotatable bonds is 8. The van der Waals surface area contributed by atoms with Gasteiger partial charge < -0.3 is 15.1 Å². The minimum Gasteiger partial charge on any atom is -0.321 e. The Labute approximate surface area is 174 Å². The smallest absolute Gasteiger partial charge is 0.279 e. The first-order chi connectivity index (χ1) is 13.7. The number of benzene rings is 2. The van der Waals surface area contributed by atoms with E-state index in [1.165, 1.54) is 0 Å². The van der Waals surface area contributed by atoms with Crippen LogP contribution in [0.5, 0.6) is 0 Å². The Morgan fingerprint density at radius 2 is 1.00 bits per heavy atom. The second kappa shape index (κ2) is 9.70. The van der Waals surface area contributed by atoms with Crippen LogP contribution in [0, 0.1) is 27.7 Å². The van der Waals surface area contributed by atoms with Crippen molar-refractivity contribution in [1.82, 2.24) is 0 Å². The third-order valence-corrected chi connectivity index (χ3v) is 5.79. The minimum atomic E-state index is -0.0639. The van der Waals surface area contributed by atoms with E-state index in [2.05, 4.69) is 10.6 Å². The average Bonchev–Trinajstić information content (AvgIpc) is 2.67. The zero-order valence-electron chi connectivity index (χ0n) is 18.6. The van der Waals surface area contributed by atoms with Crippen molar-refractivity contribution in [2.24, 2.45) is 0 Å². The summed E-state index contributed by atoms with van der Waals surface area (Å²) in [5.74, 6) is -0.128. The van der Waals surface area contributed by atoms with Crippen molar-refractivity contribution in [3.8, 4) is 0 Å². The molecule has 0 spiro atoms. The summed E-state index contributed by atoms with van der Waals surface area (Å²) in [5.41, 5.74) is 5.88. The standard InChI is InChI=1S/C24H33N3O2/c1-7-27(8-2,15-21(28)25-23-17(3)11-9-12-18(23)4)16-22(29)26-24-19(5)13-10-14-20(24)6/h9-14H,7-8,15-16H2,1-6H3,(H-,25,26,28,29)/p+1. The van der Waals surface area contributed by atoms with Crippen LogP contribution in [0.25, 0.3) is 0 Å². The molecule has 2 N–H and O–H groups in total. The molecule has 0 aromatic heterocycles. The van der Waals surface area contributed by atoms with Gasteiger partial charge in [0.25, 0.3) is 11.8 Å².